The highest BCUT2D eigenvalue weighted by Crippen LogP contribution is 2.44. The number of hydrogen-bond acceptors (Lipinski definition) is 16. The summed E-state index contributed by atoms with van der Waals surface area (Å²) in [5.41, 5.74) is -2.14. The zero-order chi connectivity index (χ0) is 46.5. The van der Waals surface area contributed by atoms with Crippen molar-refractivity contribution in [1.29, 1.82) is 0 Å². The van der Waals surface area contributed by atoms with Crippen LogP contribution in [0.2, 0.25) is 0 Å². The van der Waals surface area contributed by atoms with Gasteiger partial charge in [0.2, 0.25) is 0 Å². The van der Waals surface area contributed by atoms with Crippen LogP contribution in [0.4, 0.5) is 4.79 Å². The average molecular weight is 935 g/mol. The van der Waals surface area contributed by atoms with E-state index in [9.17, 15) is 34.8 Å². The molecule has 19 heteroatoms. The van der Waals surface area contributed by atoms with Crippen LogP contribution in [-0.2, 0) is 59.7 Å². The number of allylic oxidation sites excluding steroid dienone is 4. The molecule has 2 aromatic heterocycles. The molecule has 2 fully saturated rings. The Kier molecular flexibility index (Phi) is 15.7. The van der Waals surface area contributed by atoms with E-state index in [-0.39, 0.29) is 48.0 Å². The van der Waals surface area contributed by atoms with Crippen molar-refractivity contribution in [3.05, 3.63) is 71.2 Å². The number of fused-ring (bicyclic) bond motifs is 5. The number of carbonyl (C=O) groups excluding carboxylic acids is 3. The molecule has 1 amide bonds. The highest BCUT2D eigenvalue weighted by molar-refractivity contribution is 8.37. The fraction of sp³-hybridized carbons (Fsp3) is 0.467. The van der Waals surface area contributed by atoms with Crippen molar-refractivity contribution in [2.75, 3.05) is 13.7 Å². The maximum absolute atomic E-state index is 14.7. The number of nitrogens with zero attached hydrogens (tertiary/aromatic N) is 1. The first-order valence-corrected chi connectivity index (χ1v) is 23.2. The minimum absolute atomic E-state index is 0.00120. The molecule has 2 saturated heterocycles. The third-order valence-electron chi connectivity index (χ3n) is 11.3. The van der Waals surface area contributed by atoms with Crippen LogP contribution < -0.4 is 10.6 Å². The topological polar surface area (TPSA) is 231 Å². The molecule has 2 aliphatic carbocycles. The average Bonchev–Trinajstić information content (AvgIpc) is 3.61. The molecule has 0 spiro atoms. The van der Waals surface area contributed by atoms with Gasteiger partial charge in [0.25, 0.3) is 5.79 Å². The first-order valence-electron chi connectivity index (χ1n) is 20.6. The second-order valence-electron chi connectivity index (χ2n) is 16.1. The summed E-state index contributed by atoms with van der Waals surface area (Å²) in [5.74, 6) is 5.09. The van der Waals surface area contributed by atoms with Crippen molar-refractivity contribution in [2.45, 2.75) is 108 Å². The summed E-state index contributed by atoms with van der Waals surface area (Å²) in [5, 5.41) is 54.5. The maximum Gasteiger partial charge on any atom is 0.411 e. The number of amides is 1. The number of H-pyrrole nitrogens is 1. The van der Waals surface area contributed by atoms with E-state index >= 15 is 0 Å². The first kappa shape index (κ1) is 48.7. The third-order valence-corrected chi connectivity index (χ3v) is 11.3. The quantitative estimate of drug-likeness (QED) is 0.0878. The van der Waals surface area contributed by atoms with Gasteiger partial charge in [0.15, 0.2) is 29.7 Å². The fourth-order valence-corrected chi connectivity index (χ4v) is 8.43. The lowest BCUT2D eigenvalue weighted by Crippen LogP contribution is -2.61. The monoisotopic (exact) mass is 934 g/mol. The molecule has 1 aromatic carbocycles. The molecule has 7 N–H and O–H groups in total. The lowest BCUT2D eigenvalue weighted by atomic mass is 9.74. The van der Waals surface area contributed by atoms with Crippen molar-refractivity contribution in [3.8, 4) is 29.4 Å². The number of aromatic hydroxyl groups is 1. The number of nitrogens with one attached hydrogen (secondary N) is 3. The summed E-state index contributed by atoms with van der Waals surface area (Å²) < 4.78 is 30.3. The van der Waals surface area contributed by atoms with Crippen LogP contribution in [0.5, 0.6) is 5.75 Å². The highest BCUT2D eigenvalue weighted by atomic mass is 33.1. The molecule has 2 aliphatic heterocycles. The number of pyridine rings is 1. The summed E-state index contributed by atoms with van der Waals surface area (Å²) in [6, 6.07) is 6.64. The highest BCUT2D eigenvalue weighted by Gasteiger charge is 2.56. The number of rotatable bonds is 10. The molecule has 10 atom stereocenters. The Bertz CT molecular complexity index is 2570. The van der Waals surface area contributed by atoms with Crippen molar-refractivity contribution >= 4 is 70.7 Å². The Hall–Kier alpha value is -4.74. The smallest absolute Gasteiger partial charge is 0.411 e. The summed E-state index contributed by atoms with van der Waals surface area (Å²) in [6.45, 7) is 9.63. The number of hydrogen-bond donors (Lipinski definition) is 7. The van der Waals surface area contributed by atoms with E-state index in [2.05, 4.69) is 66.7 Å². The Morgan fingerprint density at radius 2 is 1.86 bits per heavy atom. The Morgan fingerprint density at radius 3 is 2.53 bits per heavy atom. The van der Waals surface area contributed by atoms with Crippen LogP contribution >= 0.6 is 0 Å². The van der Waals surface area contributed by atoms with Crippen LogP contribution in [-0.4, -0.2) is 116 Å². The van der Waals surface area contributed by atoms with E-state index < -0.39 is 83.5 Å². The number of methoxy groups -OCH3 is 1. The van der Waals surface area contributed by atoms with Gasteiger partial charge in [0.05, 0.1) is 55.1 Å². The van der Waals surface area contributed by atoms with E-state index in [0.717, 1.165) is 16.0 Å². The second-order valence-corrected chi connectivity index (χ2v) is 17.9. The van der Waals surface area contributed by atoms with E-state index in [4.69, 9.17) is 23.7 Å². The largest absolute Gasteiger partial charge is 0.508 e. The molecule has 4 heterocycles. The van der Waals surface area contributed by atoms with Gasteiger partial charge < -0.3 is 54.4 Å². The molecule has 2 bridgehead atoms. The lowest BCUT2D eigenvalue weighted by Gasteiger charge is -2.47. The summed E-state index contributed by atoms with van der Waals surface area (Å²) >= 11 is 8.25. The first-order chi connectivity index (χ1) is 30.5. The maximum atomic E-state index is 14.7. The number of aliphatic hydroxyl groups excluding tert-OH is 1. The Morgan fingerprint density at radius 1 is 1.14 bits per heavy atom. The van der Waals surface area contributed by atoms with Gasteiger partial charge in [-0.25, -0.2) is 4.79 Å². The fourth-order valence-electron chi connectivity index (χ4n) is 8.43. The van der Waals surface area contributed by atoms with E-state index in [0.29, 0.717) is 28.2 Å². The van der Waals surface area contributed by atoms with Crippen molar-refractivity contribution < 1.29 is 58.5 Å². The molecule has 0 radical (unpaired) electrons. The van der Waals surface area contributed by atoms with Crippen LogP contribution in [0, 0.1) is 35.5 Å². The van der Waals surface area contributed by atoms with Gasteiger partial charge in [-0.2, -0.15) is 0 Å². The van der Waals surface area contributed by atoms with E-state index in [1.54, 1.807) is 32.0 Å². The standard InChI is InChI=1S/C45H50N4O12.S3/c1-7-12-29-35-37(49-43(54)57-6)32(51)21-44(29,55)16-10-8-9-11-17-45(35,56)61-42-41(60-33-19-24(4)31(22-58-33)47-23(2)3)40(53)34(25(5)59-42)39(52)38-36-27(15-18-46-38)28-20-26(50)13-14-30(28)48-36;1-3-2/h8-9,12-15,18,20,23-25,31,33-34,40-42,47-48,50,53,55-56H,7,19,21-22H2,1-6H3,(H,49,54);/b9-8-,29-12+;/t24?,25?,31?,33?,34?,40?,41?,42?,44-,45-;/m0./s1. The van der Waals surface area contributed by atoms with Crippen LogP contribution in [0.1, 0.15) is 64.4 Å². The van der Waals surface area contributed by atoms with Crippen LogP contribution in [0.25, 0.3) is 21.8 Å². The summed E-state index contributed by atoms with van der Waals surface area (Å²) in [7, 11) is 2.01. The molecule has 3 aromatic rings. The third kappa shape index (κ3) is 10.2. The SMILES string of the molecule is CC/C=C1\C2=C(NC(=O)OC)C(=O)C[C@@]1(O)C#C/C=C\C#C[C@]2(O)OC1OC(C)C(C(=O)c2nccc3c2[nH]c2ccc(O)cc23)C(O)C1OC1CC(C)C(NC(C)C)CO1.S=S=S. The molecule has 4 aliphatic rings. The minimum Gasteiger partial charge on any atom is -0.508 e. The van der Waals surface area contributed by atoms with Gasteiger partial charge in [0, 0.05) is 77.8 Å². The number of phenols is 1. The van der Waals surface area contributed by atoms with Gasteiger partial charge in [-0.05, 0) is 61.6 Å². The molecule has 64 heavy (non-hydrogen) atoms. The number of alkyl carbamates (subject to hydrolysis) is 1. The lowest BCUT2D eigenvalue weighted by molar-refractivity contribution is -0.353. The van der Waals surface area contributed by atoms with Crippen molar-refractivity contribution in [2.24, 2.45) is 11.8 Å². The minimum atomic E-state index is -2.89. The second kappa shape index (κ2) is 20.6. The normalized spacial score (nSPS) is 31.2. The zero-order valence-corrected chi connectivity index (χ0v) is 38.3. The molecule has 8 unspecified atom stereocenters. The van der Waals surface area contributed by atoms with Crippen molar-refractivity contribution in [1.82, 2.24) is 20.6 Å². The molecule has 0 saturated carbocycles. The number of aromatic nitrogens is 2. The number of Topliss-reactive ketones (excluding diaryl/α,β-unsaturated/α-hetero) is 2. The van der Waals surface area contributed by atoms with Crippen LogP contribution in [0.3, 0.4) is 0 Å². The van der Waals surface area contributed by atoms with Gasteiger partial charge in [-0.15, -0.1) is 0 Å². The number of aliphatic hydroxyl groups is 3. The molecular formula is C45H50N4O12S3. The number of ether oxygens (including phenoxy) is 5. The number of carbonyl (C=O) groups is 3. The number of phenolic OH excluding ortho intramolecular Hbond substituents is 1. The van der Waals surface area contributed by atoms with Gasteiger partial charge in [-0.3, -0.25) is 19.9 Å². The molecule has 340 valence electrons. The Labute approximate surface area is 382 Å². The molecular weight excluding hydrogens is 885 g/mol. The number of aromatic amines is 1. The number of benzene rings is 1. The Balaban J connectivity index is 0.00000220. The summed E-state index contributed by atoms with van der Waals surface area (Å²) in [4.78, 5) is 48.9. The van der Waals surface area contributed by atoms with Gasteiger partial charge in [0.1, 0.15) is 17.5 Å². The van der Waals surface area contributed by atoms with Crippen LogP contribution in [0.15, 0.2) is 65.5 Å². The zero-order valence-electron chi connectivity index (χ0n) is 35.9. The summed E-state index contributed by atoms with van der Waals surface area (Å²) in [6.07, 6.45) is -2.51. The predicted octanol–water partition coefficient (Wildman–Crippen LogP) is 3.39. The van der Waals surface area contributed by atoms with Gasteiger partial charge in [-0.1, -0.05) is 51.5 Å². The molecule has 7 rings (SSSR count). The van der Waals surface area contributed by atoms with Crippen molar-refractivity contribution in [3.63, 3.8) is 0 Å². The van der Waals surface area contributed by atoms with E-state index in [1.165, 1.54) is 30.5 Å². The molecule has 16 nitrogen and oxygen atoms in total. The van der Waals surface area contributed by atoms with Gasteiger partial charge >= 0.3 is 6.09 Å². The predicted molar refractivity (Wildman–Crippen MR) is 242 cm³/mol. The van der Waals surface area contributed by atoms with E-state index in [1.807, 2.05) is 20.8 Å². The number of ketones is 2.